The van der Waals surface area contributed by atoms with Crippen LogP contribution in [0.2, 0.25) is 6.32 Å². The van der Waals surface area contributed by atoms with E-state index in [0.717, 1.165) is 23.0 Å². The maximum absolute atomic E-state index is 9.16. The lowest BCUT2D eigenvalue weighted by Crippen LogP contribution is -2.32. The number of hydrogen-bond acceptors (Lipinski definition) is 3. The lowest BCUT2D eigenvalue weighted by Gasteiger charge is -2.27. The second-order valence-corrected chi connectivity index (χ2v) is 11.5. The summed E-state index contributed by atoms with van der Waals surface area (Å²) in [5, 5.41) is 11.4. The van der Waals surface area contributed by atoms with E-state index in [0.29, 0.717) is 0 Å². The van der Waals surface area contributed by atoms with Crippen LogP contribution in [-0.2, 0) is 21.1 Å². The minimum Gasteiger partial charge on any atom is -0.312 e. The summed E-state index contributed by atoms with van der Waals surface area (Å²) in [4.78, 5) is 0. The van der Waals surface area contributed by atoms with Crippen LogP contribution in [0.3, 0.4) is 0 Å². The molecule has 0 radical (unpaired) electrons. The molecule has 2 aromatic carbocycles. The van der Waals surface area contributed by atoms with Crippen molar-refractivity contribution in [3.63, 3.8) is 0 Å². The molecule has 0 amide bonds. The van der Waals surface area contributed by atoms with Crippen LogP contribution in [0.15, 0.2) is 48.5 Å². The van der Waals surface area contributed by atoms with Crippen LogP contribution >= 0.6 is 11.8 Å². The van der Waals surface area contributed by atoms with Crippen molar-refractivity contribution in [3.8, 4) is 17.2 Å². The fourth-order valence-electron chi connectivity index (χ4n) is 3.42. The summed E-state index contributed by atoms with van der Waals surface area (Å²) in [6.07, 6.45) is 0.896. The number of nitriles is 1. The molecular weight excluding hydrogens is 395 g/mol. The van der Waals surface area contributed by atoms with Gasteiger partial charge in [0.05, 0.1) is 5.41 Å². The van der Waals surface area contributed by atoms with Crippen molar-refractivity contribution < 1.29 is 0 Å². The molecule has 0 saturated carbocycles. The van der Waals surface area contributed by atoms with Gasteiger partial charge in [0.25, 0.3) is 0 Å². The maximum Gasteiger partial charge on any atom is 0.134 e. The molecule has 2 atom stereocenters. The van der Waals surface area contributed by atoms with Gasteiger partial charge < -0.3 is 5.73 Å². The van der Waals surface area contributed by atoms with E-state index in [1.807, 2.05) is 6.92 Å². The van der Waals surface area contributed by atoms with Crippen LogP contribution in [0.5, 0.6) is 0 Å². The standard InChI is InChI=1S/C27H35BN2S/c1-24(2,3)20-8-12-22(13-9-20)26(6,30)17-16-25(4,5)21-10-14-23(15-11-21)27(7,18-28)31-19-29/h8-15H,18,28,30H2,1-7H3. The van der Waals surface area contributed by atoms with Crippen molar-refractivity contribution in [2.24, 2.45) is 5.73 Å². The zero-order chi connectivity index (χ0) is 23.5. The molecule has 0 fully saturated rings. The minimum absolute atomic E-state index is 0.114. The Hall–Kier alpha value is -2.14. The first-order valence-electron chi connectivity index (χ1n) is 10.9. The highest BCUT2D eigenvalue weighted by atomic mass is 32.2. The van der Waals surface area contributed by atoms with E-state index >= 15 is 0 Å². The third-order valence-electron chi connectivity index (χ3n) is 6.15. The molecule has 0 heterocycles. The van der Waals surface area contributed by atoms with Gasteiger partial charge in [0.1, 0.15) is 18.8 Å². The average Bonchev–Trinajstić information content (AvgIpc) is 2.72. The Morgan fingerprint density at radius 3 is 1.68 bits per heavy atom. The Bertz CT molecular complexity index is 997. The molecule has 0 bridgehead atoms. The Balaban J connectivity index is 2.29. The lowest BCUT2D eigenvalue weighted by atomic mass is 9.81. The predicted molar refractivity (Wildman–Crippen MR) is 138 cm³/mol. The summed E-state index contributed by atoms with van der Waals surface area (Å²) in [5.74, 6) is 6.75. The summed E-state index contributed by atoms with van der Waals surface area (Å²) < 4.78 is -0.196. The summed E-state index contributed by atoms with van der Waals surface area (Å²) in [5.41, 5.74) is 10.3. The molecule has 0 saturated heterocycles. The van der Waals surface area contributed by atoms with Crippen LogP contribution < -0.4 is 5.73 Å². The number of rotatable bonds is 5. The van der Waals surface area contributed by atoms with Gasteiger partial charge in [-0.25, -0.2) is 0 Å². The summed E-state index contributed by atoms with van der Waals surface area (Å²) in [7, 11) is 2.11. The fraction of sp³-hybridized carbons (Fsp3) is 0.444. The first-order chi connectivity index (χ1) is 14.2. The molecule has 0 aliphatic heterocycles. The Labute approximate surface area is 194 Å². The highest BCUT2D eigenvalue weighted by molar-refractivity contribution is 8.04. The third-order valence-corrected chi connectivity index (χ3v) is 7.21. The largest absolute Gasteiger partial charge is 0.312 e. The molecular formula is C27H35BN2S. The van der Waals surface area contributed by atoms with Crippen LogP contribution in [0.25, 0.3) is 0 Å². The number of thiocyanates is 1. The van der Waals surface area contributed by atoms with E-state index in [1.165, 1.54) is 17.3 Å². The molecule has 2 nitrogen and oxygen atoms in total. The third kappa shape index (κ3) is 5.97. The van der Waals surface area contributed by atoms with Crippen molar-refractivity contribution in [3.05, 3.63) is 70.8 Å². The summed E-state index contributed by atoms with van der Waals surface area (Å²) in [6, 6.07) is 17.0. The van der Waals surface area contributed by atoms with Gasteiger partial charge >= 0.3 is 0 Å². The smallest absolute Gasteiger partial charge is 0.134 e. The van der Waals surface area contributed by atoms with E-state index in [1.54, 1.807) is 0 Å². The fourth-order valence-corrected chi connectivity index (χ4v) is 4.02. The first kappa shape index (κ1) is 25.1. The van der Waals surface area contributed by atoms with Crippen molar-refractivity contribution in [2.75, 3.05) is 0 Å². The highest BCUT2D eigenvalue weighted by Crippen LogP contribution is 2.39. The van der Waals surface area contributed by atoms with Crippen molar-refractivity contribution in [2.45, 2.75) is 75.9 Å². The Morgan fingerprint density at radius 2 is 1.23 bits per heavy atom. The number of benzene rings is 2. The average molecular weight is 430 g/mol. The van der Waals surface area contributed by atoms with Crippen LogP contribution in [0.4, 0.5) is 0 Å². The summed E-state index contributed by atoms with van der Waals surface area (Å²) in [6.45, 7) is 15.0. The molecule has 31 heavy (non-hydrogen) atoms. The van der Waals surface area contributed by atoms with Crippen LogP contribution in [-0.4, -0.2) is 7.85 Å². The molecule has 0 aliphatic rings. The zero-order valence-electron chi connectivity index (χ0n) is 20.3. The molecule has 2 N–H and O–H groups in total. The van der Waals surface area contributed by atoms with Gasteiger partial charge in [0.15, 0.2) is 0 Å². The van der Waals surface area contributed by atoms with E-state index in [9.17, 15) is 0 Å². The van der Waals surface area contributed by atoms with Gasteiger partial charge in [-0.1, -0.05) is 87.5 Å². The zero-order valence-corrected chi connectivity index (χ0v) is 21.1. The normalized spacial score (nSPS) is 15.7. The molecule has 0 aliphatic carbocycles. The minimum atomic E-state index is -0.724. The van der Waals surface area contributed by atoms with Gasteiger partial charge in [-0.05, 0) is 67.1 Å². The van der Waals surface area contributed by atoms with Gasteiger partial charge in [0.2, 0.25) is 0 Å². The SMILES string of the molecule is BCC(C)(SC#N)c1ccc(C(C)(C)C#CC(C)(N)c2ccc(C(C)(C)C)cc2)cc1. The molecule has 2 aromatic rings. The van der Waals surface area contributed by atoms with Crippen molar-refractivity contribution in [1.82, 2.24) is 0 Å². The number of nitrogens with zero attached hydrogens (tertiary/aromatic N) is 1. The van der Waals surface area contributed by atoms with Crippen LogP contribution in [0, 0.1) is 22.5 Å². The van der Waals surface area contributed by atoms with E-state index < -0.39 is 5.54 Å². The molecule has 162 valence electrons. The first-order valence-corrected chi connectivity index (χ1v) is 11.7. The number of nitrogens with two attached hydrogens (primary N) is 1. The Morgan fingerprint density at radius 1 is 0.774 bits per heavy atom. The predicted octanol–water partition coefficient (Wildman–Crippen LogP) is 5.62. The van der Waals surface area contributed by atoms with Crippen LogP contribution in [0.1, 0.15) is 70.7 Å². The van der Waals surface area contributed by atoms with Gasteiger partial charge in [-0.15, -0.1) is 0 Å². The Kier molecular flexibility index (Phi) is 7.42. The van der Waals surface area contributed by atoms with Crippen molar-refractivity contribution in [1.29, 1.82) is 5.26 Å². The molecule has 0 aromatic heterocycles. The molecule has 4 heteroatoms. The maximum atomic E-state index is 9.16. The van der Waals surface area contributed by atoms with Gasteiger partial charge in [-0.2, -0.15) is 5.26 Å². The second kappa shape index (κ2) is 9.16. The van der Waals surface area contributed by atoms with E-state index in [4.69, 9.17) is 11.0 Å². The van der Waals surface area contributed by atoms with E-state index in [-0.39, 0.29) is 15.6 Å². The van der Waals surface area contributed by atoms with Crippen molar-refractivity contribution >= 4 is 19.6 Å². The highest BCUT2D eigenvalue weighted by Gasteiger charge is 2.27. The van der Waals surface area contributed by atoms with Gasteiger partial charge in [-0.3, -0.25) is 0 Å². The molecule has 2 rings (SSSR count). The van der Waals surface area contributed by atoms with Gasteiger partial charge in [0, 0.05) is 4.75 Å². The quantitative estimate of drug-likeness (QED) is 0.381. The monoisotopic (exact) mass is 430 g/mol. The topological polar surface area (TPSA) is 49.8 Å². The number of hydrogen-bond donors (Lipinski definition) is 1. The molecule has 2 unspecified atom stereocenters. The summed E-state index contributed by atoms with van der Waals surface area (Å²) >= 11 is 1.32. The van der Waals surface area contributed by atoms with E-state index in [2.05, 4.69) is 115 Å². The lowest BCUT2D eigenvalue weighted by molar-refractivity contribution is 0.587. The second-order valence-electron chi connectivity index (χ2n) is 10.3. The molecule has 0 spiro atoms. The number of thioether (sulfide) groups is 1.